The molecule has 0 aliphatic rings. The Morgan fingerprint density at radius 1 is 1.39 bits per heavy atom. The number of hydrogen-bond donors (Lipinski definition) is 2. The van der Waals surface area contributed by atoms with Gasteiger partial charge in [0.05, 0.1) is 17.0 Å². The maximum atomic E-state index is 11.7. The van der Waals surface area contributed by atoms with E-state index in [2.05, 4.69) is 9.97 Å². The number of imidazole rings is 1. The number of H-pyrrole nitrogens is 1. The molecular weight excluding hydrogens is 252 g/mol. The van der Waals surface area contributed by atoms with Crippen molar-refractivity contribution in [1.82, 2.24) is 9.97 Å². The van der Waals surface area contributed by atoms with Gasteiger partial charge in [0.1, 0.15) is 11.3 Å². The van der Waals surface area contributed by atoms with Crippen molar-refractivity contribution in [1.29, 1.82) is 0 Å². The minimum atomic E-state index is -3.31. The second-order valence-electron chi connectivity index (χ2n) is 5.05. The number of benzene rings is 1. The monoisotopic (exact) mass is 268 g/mol. The molecule has 0 saturated heterocycles. The third kappa shape index (κ3) is 2.13. The van der Waals surface area contributed by atoms with Crippen molar-refractivity contribution in [2.45, 2.75) is 24.2 Å². The Morgan fingerprint density at radius 2 is 2.06 bits per heavy atom. The highest BCUT2D eigenvalue weighted by molar-refractivity contribution is 7.91. The standard InChI is InChI=1S/C12H16N2O3S/c1-12(2,7-15)11-13-8-5-4-6-9(10(8)14-11)18(3,16)17/h4-6,15H,7H2,1-3H3,(H,13,14). The van der Waals surface area contributed by atoms with E-state index >= 15 is 0 Å². The van der Waals surface area contributed by atoms with Crippen LogP contribution in [0.15, 0.2) is 23.1 Å². The van der Waals surface area contributed by atoms with E-state index in [-0.39, 0.29) is 11.5 Å². The lowest BCUT2D eigenvalue weighted by Gasteiger charge is -2.17. The summed E-state index contributed by atoms with van der Waals surface area (Å²) in [7, 11) is -3.31. The Balaban J connectivity index is 2.74. The molecule has 6 heteroatoms. The van der Waals surface area contributed by atoms with Crippen LogP contribution in [0.4, 0.5) is 0 Å². The molecule has 1 aromatic carbocycles. The third-order valence-corrected chi connectivity index (χ3v) is 4.04. The van der Waals surface area contributed by atoms with Gasteiger partial charge in [0.2, 0.25) is 0 Å². The molecule has 5 nitrogen and oxygen atoms in total. The lowest BCUT2D eigenvalue weighted by atomic mass is 9.94. The van der Waals surface area contributed by atoms with Crippen molar-refractivity contribution >= 4 is 20.9 Å². The summed E-state index contributed by atoms with van der Waals surface area (Å²) in [5.41, 5.74) is 0.555. The quantitative estimate of drug-likeness (QED) is 0.877. The minimum absolute atomic E-state index is 0.0684. The molecule has 2 rings (SSSR count). The Bertz CT molecular complexity index is 686. The first-order valence-electron chi connectivity index (χ1n) is 5.56. The van der Waals surface area contributed by atoms with Gasteiger partial charge in [-0.3, -0.25) is 0 Å². The topological polar surface area (TPSA) is 83.1 Å². The average Bonchev–Trinajstić information content (AvgIpc) is 2.71. The van der Waals surface area contributed by atoms with Gasteiger partial charge in [-0.25, -0.2) is 13.4 Å². The van der Waals surface area contributed by atoms with Gasteiger partial charge < -0.3 is 10.1 Å². The zero-order valence-electron chi connectivity index (χ0n) is 10.6. The zero-order chi connectivity index (χ0) is 13.6. The summed E-state index contributed by atoms with van der Waals surface area (Å²) >= 11 is 0. The fraction of sp³-hybridized carbons (Fsp3) is 0.417. The third-order valence-electron chi connectivity index (χ3n) is 2.91. The summed E-state index contributed by atoms with van der Waals surface area (Å²) in [6, 6.07) is 4.98. The number of fused-ring (bicyclic) bond motifs is 1. The molecule has 0 bridgehead atoms. The normalized spacial score (nSPS) is 13.1. The van der Waals surface area contributed by atoms with Gasteiger partial charge in [0.15, 0.2) is 9.84 Å². The lowest BCUT2D eigenvalue weighted by molar-refractivity contribution is 0.212. The molecule has 0 atom stereocenters. The van der Waals surface area contributed by atoms with Crippen LogP contribution in [0.25, 0.3) is 11.0 Å². The summed E-state index contributed by atoms with van der Waals surface area (Å²) in [5, 5.41) is 9.32. The largest absolute Gasteiger partial charge is 0.395 e. The summed E-state index contributed by atoms with van der Waals surface area (Å²) in [5.74, 6) is 0.580. The fourth-order valence-electron chi connectivity index (χ4n) is 1.70. The maximum Gasteiger partial charge on any atom is 0.177 e. The molecular formula is C12H16N2O3S. The number of aliphatic hydroxyl groups is 1. The Morgan fingerprint density at radius 3 is 2.61 bits per heavy atom. The van der Waals surface area contributed by atoms with Crippen LogP contribution in [0, 0.1) is 0 Å². The molecule has 0 spiro atoms. The second kappa shape index (κ2) is 4.07. The molecule has 2 N–H and O–H groups in total. The van der Waals surface area contributed by atoms with Gasteiger partial charge >= 0.3 is 0 Å². The predicted molar refractivity (Wildman–Crippen MR) is 69.3 cm³/mol. The van der Waals surface area contributed by atoms with Gasteiger partial charge in [-0.15, -0.1) is 0 Å². The Labute approximate surface area is 106 Å². The van der Waals surface area contributed by atoms with Gasteiger partial charge in [-0.1, -0.05) is 19.9 Å². The zero-order valence-corrected chi connectivity index (χ0v) is 11.4. The van der Waals surface area contributed by atoms with Crippen molar-refractivity contribution < 1.29 is 13.5 Å². The summed E-state index contributed by atoms with van der Waals surface area (Å²) in [6.07, 6.45) is 1.16. The van der Waals surface area contributed by atoms with E-state index in [4.69, 9.17) is 0 Å². The van der Waals surface area contributed by atoms with E-state index < -0.39 is 15.3 Å². The molecule has 0 amide bonds. The number of aromatic amines is 1. The van der Waals surface area contributed by atoms with E-state index in [1.54, 1.807) is 12.1 Å². The van der Waals surface area contributed by atoms with Crippen molar-refractivity contribution in [3.8, 4) is 0 Å². The van der Waals surface area contributed by atoms with Crippen LogP contribution in [-0.2, 0) is 15.3 Å². The molecule has 2 aromatic rings. The Hall–Kier alpha value is -1.40. The summed E-state index contributed by atoms with van der Waals surface area (Å²) < 4.78 is 23.3. The number of aromatic nitrogens is 2. The van der Waals surface area contributed by atoms with Crippen LogP contribution >= 0.6 is 0 Å². The van der Waals surface area contributed by atoms with Crippen LogP contribution in [0.2, 0.25) is 0 Å². The molecule has 0 radical (unpaired) electrons. The first-order chi connectivity index (χ1) is 8.25. The van der Waals surface area contributed by atoms with E-state index in [9.17, 15) is 13.5 Å². The van der Waals surface area contributed by atoms with Crippen LogP contribution < -0.4 is 0 Å². The van der Waals surface area contributed by atoms with Crippen LogP contribution in [0.3, 0.4) is 0 Å². The SMILES string of the molecule is CC(C)(CO)c1nc2c(S(C)(=O)=O)cccc2[nH]1. The van der Waals surface area contributed by atoms with Crippen molar-refractivity contribution in [3.63, 3.8) is 0 Å². The predicted octanol–water partition coefficient (Wildman–Crippen LogP) is 1.24. The first kappa shape index (κ1) is 13.0. The number of aliphatic hydroxyl groups excluding tert-OH is 1. The number of sulfone groups is 1. The lowest BCUT2D eigenvalue weighted by Crippen LogP contribution is -2.23. The van der Waals surface area contributed by atoms with E-state index in [1.165, 1.54) is 6.07 Å². The molecule has 0 unspecified atom stereocenters. The summed E-state index contributed by atoms with van der Waals surface area (Å²) in [4.78, 5) is 7.60. The molecule has 98 valence electrons. The minimum Gasteiger partial charge on any atom is -0.395 e. The highest BCUT2D eigenvalue weighted by atomic mass is 32.2. The van der Waals surface area contributed by atoms with Gasteiger partial charge in [-0.2, -0.15) is 0 Å². The molecule has 1 aromatic heterocycles. The summed E-state index contributed by atoms with van der Waals surface area (Å²) in [6.45, 7) is 3.61. The van der Waals surface area contributed by atoms with E-state index in [1.807, 2.05) is 13.8 Å². The fourth-order valence-corrected chi connectivity index (χ4v) is 2.53. The molecule has 0 aliphatic carbocycles. The number of nitrogens with zero attached hydrogens (tertiary/aromatic N) is 1. The number of rotatable bonds is 3. The molecule has 0 aliphatic heterocycles. The van der Waals surface area contributed by atoms with Crippen molar-refractivity contribution in [2.75, 3.05) is 12.9 Å². The molecule has 1 heterocycles. The number of nitrogens with one attached hydrogen (secondary N) is 1. The molecule has 0 saturated carbocycles. The Kier molecular flexibility index (Phi) is 2.95. The van der Waals surface area contributed by atoms with Crippen LogP contribution in [0.1, 0.15) is 19.7 Å². The van der Waals surface area contributed by atoms with Gasteiger partial charge in [0, 0.05) is 11.7 Å². The smallest absolute Gasteiger partial charge is 0.177 e. The first-order valence-corrected chi connectivity index (χ1v) is 7.45. The van der Waals surface area contributed by atoms with Gasteiger partial charge in [-0.05, 0) is 12.1 Å². The van der Waals surface area contributed by atoms with Crippen molar-refractivity contribution in [2.24, 2.45) is 0 Å². The van der Waals surface area contributed by atoms with Crippen LogP contribution in [0.5, 0.6) is 0 Å². The number of hydrogen-bond acceptors (Lipinski definition) is 4. The van der Waals surface area contributed by atoms with E-state index in [0.717, 1.165) is 6.26 Å². The average molecular weight is 268 g/mol. The number of para-hydroxylation sites is 1. The maximum absolute atomic E-state index is 11.7. The van der Waals surface area contributed by atoms with E-state index in [0.29, 0.717) is 16.9 Å². The van der Waals surface area contributed by atoms with Crippen molar-refractivity contribution in [3.05, 3.63) is 24.0 Å². The molecule has 0 fully saturated rings. The van der Waals surface area contributed by atoms with Crippen LogP contribution in [-0.4, -0.2) is 36.4 Å². The highest BCUT2D eigenvalue weighted by Gasteiger charge is 2.25. The highest BCUT2D eigenvalue weighted by Crippen LogP contribution is 2.26. The van der Waals surface area contributed by atoms with Gasteiger partial charge in [0.25, 0.3) is 0 Å². The molecule has 18 heavy (non-hydrogen) atoms. The second-order valence-corrected chi connectivity index (χ2v) is 7.04.